The Labute approximate surface area is 140 Å². The summed E-state index contributed by atoms with van der Waals surface area (Å²) in [4.78, 5) is 23.5. The van der Waals surface area contributed by atoms with E-state index in [0.29, 0.717) is 11.3 Å². The zero-order valence-corrected chi connectivity index (χ0v) is 13.2. The zero-order valence-electron chi connectivity index (χ0n) is 13.2. The van der Waals surface area contributed by atoms with Crippen LogP contribution < -0.4 is 15.6 Å². The number of nitrogens with one attached hydrogen (secondary N) is 2. The number of amides is 2. The lowest BCUT2D eigenvalue weighted by atomic mass is 10.1. The fourth-order valence-electron chi connectivity index (χ4n) is 2.03. The van der Waals surface area contributed by atoms with E-state index in [9.17, 15) is 9.59 Å². The van der Waals surface area contributed by atoms with E-state index in [0.717, 1.165) is 11.1 Å². The molecular weight excluding hydrogens is 306 g/mol. The van der Waals surface area contributed by atoms with Crippen LogP contribution in [-0.4, -0.2) is 18.4 Å². The maximum Gasteiger partial charge on any atom is 0.276 e. The van der Waals surface area contributed by atoms with Gasteiger partial charge >= 0.3 is 0 Å². The lowest BCUT2D eigenvalue weighted by molar-refractivity contribution is -0.129. The van der Waals surface area contributed by atoms with Gasteiger partial charge in [-0.05, 0) is 30.2 Å². The molecule has 0 aromatic heterocycles. The third kappa shape index (κ3) is 4.85. The predicted molar refractivity (Wildman–Crippen MR) is 87.8 cm³/mol. The molecule has 0 atom stereocenters. The number of para-hydroxylation sites is 1. The first-order chi connectivity index (χ1) is 11.6. The SMILES string of the molecule is Cc1ccccc1CC(=O)NNC(=O)COc1ccccc1C#N. The molecule has 0 saturated heterocycles. The highest BCUT2D eigenvalue weighted by atomic mass is 16.5. The minimum absolute atomic E-state index is 0.172. The van der Waals surface area contributed by atoms with Crippen molar-refractivity contribution < 1.29 is 14.3 Å². The number of hydrogen-bond acceptors (Lipinski definition) is 4. The molecule has 2 aromatic rings. The Morgan fingerprint density at radius 3 is 2.46 bits per heavy atom. The fourth-order valence-corrected chi connectivity index (χ4v) is 2.03. The van der Waals surface area contributed by atoms with Crippen LogP contribution in [-0.2, 0) is 16.0 Å². The summed E-state index contributed by atoms with van der Waals surface area (Å²) in [6.07, 6.45) is 0.172. The normalized spacial score (nSPS) is 9.67. The number of nitrogens with zero attached hydrogens (tertiary/aromatic N) is 1. The number of carbonyl (C=O) groups is 2. The van der Waals surface area contributed by atoms with Crippen molar-refractivity contribution in [2.24, 2.45) is 0 Å². The van der Waals surface area contributed by atoms with Crippen LogP contribution in [0.4, 0.5) is 0 Å². The highest BCUT2D eigenvalue weighted by Gasteiger charge is 2.09. The number of benzene rings is 2. The van der Waals surface area contributed by atoms with E-state index >= 15 is 0 Å². The molecule has 0 aliphatic carbocycles. The van der Waals surface area contributed by atoms with Crippen molar-refractivity contribution in [3.63, 3.8) is 0 Å². The van der Waals surface area contributed by atoms with E-state index in [4.69, 9.17) is 10.00 Å². The third-order valence-electron chi connectivity index (χ3n) is 3.32. The van der Waals surface area contributed by atoms with Gasteiger partial charge in [0.25, 0.3) is 5.91 Å². The first kappa shape index (κ1) is 17.0. The highest BCUT2D eigenvalue weighted by Crippen LogP contribution is 2.16. The van der Waals surface area contributed by atoms with E-state index in [1.807, 2.05) is 37.3 Å². The van der Waals surface area contributed by atoms with E-state index < -0.39 is 5.91 Å². The van der Waals surface area contributed by atoms with Crippen molar-refractivity contribution in [2.75, 3.05) is 6.61 Å². The first-order valence-electron chi connectivity index (χ1n) is 7.34. The van der Waals surface area contributed by atoms with Gasteiger partial charge in [0.1, 0.15) is 11.8 Å². The fraction of sp³-hybridized carbons (Fsp3) is 0.167. The molecule has 0 aliphatic rings. The molecule has 2 aromatic carbocycles. The van der Waals surface area contributed by atoms with E-state index in [2.05, 4.69) is 10.9 Å². The summed E-state index contributed by atoms with van der Waals surface area (Å²) >= 11 is 0. The quantitative estimate of drug-likeness (QED) is 0.818. The third-order valence-corrected chi connectivity index (χ3v) is 3.32. The summed E-state index contributed by atoms with van der Waals surface area (Å²) in [5.74, 6) is -0.516. The van der Waals surface area contributed by atoms with Crippen LogP contribution in [0.2, 0.25) is 0 Å². The van der Waals surface area contributed by atoms with Crippen molar-refractivity contribution in [3.05, 3.63) is 65.2 Å². The summed E-state index contributed by atoms with van der Waals surface area (Å²) in [6.45, 7) is 1.62. The topological polar surface area (TPSA) is 91.2 Å². The number of hydrazine groups is 1. The van der Waals surface area contributed by atoms with E-state index in [1.54, 1.807) is 24.3 Å². The monoisotopic (exact) mass is 323 g/mol. The van der Waals surface area contributed by atoms with E-state index in [-0.39, 0.29) is 18.9 Å². The van der Waals surface area contributed by atoms with Crippen LogP contribution in [0.1, 0.15) is 16.7 Å². The second-order valence-electron chi connectivity index (χ2n) is 5.10. The molecule has 6 nitrogen and oxygen atoms in total. The maximum absolute atomic E-state index is 11.8. The van der Waals surface area contributed by atoms with Crippen molar-refractivity contribution in [1.29, 1.82) is 5.26 Å². The molecule has 2 N–H and O–H groups in total. The van der Waals surface area contributed by atoms with Gasteiger partial charge in [-0.25, -0.2) is 0 Å². The van der Waals surface area contributed by atoms with Crippen LogP contribution in [0, 0.1) is 18.3 Å². The number of aryl methyl sites for hydroxylation is 1. The molecule has 24 heavy (non-hydrogen) atoms. The molecule has 6 heteroatoms. The van der Waals surface area contributed by atoms with Crippen molar-refractivity contribution in [3.8, 4) is 11.8 Å². The number of rotatable bonds is 5. The first-order valence-corrected chi connectivity index (χ1v) is 7.34. The molecule has 2 rings (SSSR count). The van der Waals surface area contributed by atoms with Crippen LogP contribution in [0.25, 0.3) is 0 Å². The van der Waals surface area contributed by atoms with Gasteiger partial charge in [0.15, 0.2) is 6.61 Å². The Kier molecular flexibility index (Phi) is 5.92. The zero-order chi connectivity index (χ0) is 17.4. The number of nitriles is 1. The molecule has 0 bridgehead atoms. The smallest absolute Gasteiger partial charge is 0.276 e. The van der Waals surface area contributed by atoms with Crippen LogP contribution >= 0.6 is 0 Å². The van der Waals surface area contributed by atoms with Crippen LogP contribution in [0.5, 0.6) is 5.75 Å². The molecule has 2 amide bonds. The van der Waals surface area contributed by atoms with E-state index in [1.165, 1.54) is 0 Å². The van der Waals surface area contributed by atoms with Gasteiger partial charge in [-0.1, -0.05) is 36.4 Å². The number of hydrogen-bond donors (Lipinski definition) is 2. The van der Waals surface area contributed by atoms with Crippen LogP contribution in [0.3, 0.4) is 0 Å². The Morgan fingerprint density at radius 2 is 1.71 bits per heavy atom. The van der Waals surface area contributed by atoms with Gasteiger partial charge in [0, 0.05) is 0 Å². The maximum atomic E-state index is 11.8. The Balaban J connectivity index is 1.78. The van der Waals surface area contributed by atoms with Gasteiger partial charge in [-0.2, -0.15) is 5.26 Å². The molecule has 0 fully saturated rings. The Morgan fingerprint density at radius 1 is 1.04 bits per heavy atom. The number of ether oxygens (including phenoxy) is 1. The average Bonchev–Trinajstić information content (AvgIpc) is 2.60. The molecule has 0 aliphatic heterocycles. The number of carbonyl (C=O) groups excluding carboxylic acids is 2. The van der Waals surface area contributed by atoms with Gasteiger partial charge in [0.05, 0.1) is 12.0 Å². The standard InChI is InChI=1S/C18H17N3O3/c1-13-6-2-3-7-14(13)10-17(22)20-21-18(23)12-24-16-9-5-4-8-15(16)11-19/h2-9H,10,12H2,1H3,(H,20,22)(H,21,23). The molecular formula is C18H17N3O3. The predicted octanol–water partition coefficient (Wildman–Crippen LogP) is 1.64. The largest absolute Gasteiger partial charge is 0.482 e. The summed E-state index contributed by atoms with van der Waals surface area (Å²) in [7, 11) is 0. The van der Waals surface area contributed by atoms with Crippen molar-refractivity contribution in [2.45, 2.75) is 13.3 Å². The van der Waals surface area contributed by atoms with Gasteiger partial charge in [-0.3, -0.25) is 20.4 Å². The second-order valence-corrected chi connectivity index (χ2v) is 5.10. The average molecular weight is 323 g/mol. The molecule has 0 spiro atoms. The van der Waals surface area contributed by atoms with Crippen LogP contribution in [0.15, 0.2) is 48.5 Å². The van der Waals surface area contributed by atoms with Crippen molar-refractivity contribution >= 4 is 11.8 Å². The van der Waals surface area contributed by atoms with Gasteiger partial charge in [-0.15, -0.1) is 0 Å². The summed E-state index contributed by atoms with van der Waals surface area (Å²) in [5.41, 5.74) is 6.87. The Hall–Kier alpha value is -3.33. The lowest BCUT2D eigenvalue weighted by Crippen LogP contribution is -2.44. The molecule has 122 valence electrons. The van der Waals surface area contributed by atoms with Gasteiger partial charge in [0.2, 0.25) is 5.91 Å². The minimum Gasteiger partial charge on any atom is -0.482 e. The Bertz CT molecular complexity index is 781. The lowest BCUT2D eigenvalue weighted by Gasteiger charge is -2.10. The molecule has 0 radical (unpaired) electrons. The molecule has 0 saturated carbocycles. The molecule has 0 heterocycles. The minimum atomic E-state index is -0.513. The summed E-state index contributed by atoms with van der Waals surface area (Å²) in [5, 5.41) is 8.93. The summed E-state index contributed by atoms with van der Waals surface area (Å²) in [6, 6.07) is 16.1. The highest BCUT2D eigenvalue weighted by molar-refractivity contribution is 5.84. The van der Waals surface area contributed by atoms with Gasteiger partial charge < -0.3 is 4.74 Å². The molecule has 0 unspecified atom stereocenters. The summed E-state index contributed by atoms with van der Waals surface area (Å²) < 4.78 is 5.27. The second kappa shape index (κ2) is 8.34. The van der Waals surface area contributed by atoms with Crippen molar-refractivity contribution in [1.82, 2.24) is 10.9 Å².